The highest BCUT2D eigenvalue weighted by Gasteiger charge is 2.24. The van der Waals surface area contributed by atoms with Gasteiger partial charge in [-0.3, -0.25) is 4.79 Å². The number of carbonyl (C=O) groups excluding carboxylic acids is 1. The molecule has 2 aromatic rings. The van der Waals surface area contributed by atoms with E-state index >= 15 is 0 Å². The van der Waals surface area contributed by atoms with E-state index in [0.717, 1.165) is 17.4 Å². The monoisotopic (exact) mass is 389 g/mol. The maximum Gasteiger partial charge on any atom is 0.330 e. The summed E-state index contributed by atoms with van der Waals surface area (Å²) in [5, 5.41) is 12.0. The van der Waals surface area contributed by atoms with E-state index < -0.39 is 27.8 Å². The molecule has 0 aliphatic heterocycles. The molecule has 0 fully saturated rings. The van der Waals surface area contributed by atoms with E-state index in [4.69, 9.17) is 0 Å². The third-order valence-electron chi connectivity index (χ3n) is 4.50. The van der Waals surface area contributed by atoms with E-state index in [2.05, 4.69) is 5.32 Å². The van der Waals surface area contributed by atoms with Crippen LogP contribution in [-0.2, 0) is 21.1 Å². The topological polar surface area (TPSA) is 101 Å². The molecule has 0 radical (unpaired) electrons. The van der Waals surface area contributed by atoms with Gasteiger partial charge in [0.1, 0.15) is 0 Å². The van der Waals surface area contributed by atoms with E-state index in [-0.39, 0.29) is 10.5 Å². The molecule has 0 aromatic heterocycles. The number of carboxylic acid groups (broad SMARTS) is 1. The van der Waals surface area contributed by atoms with Crippen LogP contribution < -0.4 is 5.32 Å². The van der Waals surface area contributed by atoms with Gasteiger partial charge in [0.25, 0.3) is 5.91 Å². The second kappa shape index (κ2) is 7.92. The van der Waals surface area contributed by atoms with Crippen molar-refractivity contribution in [3.63, 3.8) is 0 Å². The third-order valence-corrected chi connectivity index (χ3v) is 5.68. The van der Waals surface area contributed by atoms with Crippen molar-refractivity contribution < 1.29 is 23.1 Å². The van der Waals surface area contributed by atoms with Crippen LogP contribution in [0.3, 0.4) is 0 Å². The molecule has 0 heterocycles. The van der Waals surface area contributed by atoms with E-state index in [1.807, 2.05) is 20.8 Å². The number of benzene rings is 2. The Labute approximate surface area is 159 Å². The number of nitrogens with one attached hydrogen (secondary N) is 1. The summed E-state index contributed by atoms with van der Waals surface area (Å²) in [5.74, 6) is -1.84. The molecule has 7 heteroatoms. The number of aliphatic carboxylic acids is 1. The van der Waals surface area contributed by atoms with Gasteiger partial charge in [0, 0.05) is 11.8 Å². The molecule has 27 heavy (non-hydrogen) atoms. The Morgan fingerprint density at radius 2 is 1.74 bits per heavy atom. The van der Waals surface area contributed by atoms with Crippen LogP contribution in [-0.4, -0.2) is 31.7 Å². The number of hydrogen-bond donors (Lipinski definition) is 2. The lowest BCUT2D eigenvalue weighted by Crippen LogP contribution is -2.34. The molecular formula is C20H23NO5S. The van der Waals surface area contributed by atoms with Crippen LogP contribution in [0, 0.1) is 13.8 Å². The first-order chi connectivity index (χ1) is 12.5. The molecule has 1 unspecified atom stereocenters. The van der Waals surface area contributed by atoms with Crippen molar-refractivity contribution in [1.29, 1.82) is 0 Å². The van der Waals surface area contributed by atoms with Gasteiger partial charge in [0.2, 0.25) is 0 Å². The molecule has 1 amide bonds. The van der Waals surface area contributed by atoms with Gasteiger partial charge in [0.15, 0.2) is 15.9 Å². The van der Waals surface area contributed by atoms with Crippen molar-refractivity contribution in [1.82, 2.24) is 5.32 Å². The van der Waals surface area contributed by atoms with Gasteiger partial charge in [-0.05, 0) is 54.7 Å². The van der Waals surface area contributed by atoms with Crippen molar-refractivity contribution >= 4 is 21.7 Å². The molecule has 0 aliphatic rings. The summed E-state index contributed by atoms with van der Waals surface area (Å²) in [6, 6.07) is 8.32. The molecule has 0 aliphatic carbocycles. The molecule has 2 aromatic carbocycles. The number of carboxylic acids is 1. The summed E-state index contributed by atoms with van der Waals surface area (Å²) >= 11 is 0. The lowest BCUT2D eigenvalue weighted by molar-refractivity contribution is -0.139. The number of amides is 1. The van der Waals surface area contributed by atoms with Crippen LogP contribution in [0.15, 0.2) is 41.3 Å². The molecule has 144 valence electrons. The fourth-order valence-electron chi connectivity index (χ4n) is 2.78. The normalized spacial score (nSPS) is 12.4. The Bertz CT molecular complexity index is 995. The quantitative estimate of drug-likeness (QED) is 0.791. The van der Waals surface area contributed by atoms with Crippen molar-refractivity contribution in [2.45, 2.75) is 38.1 Å². The SMILES string of the molecule is CCc1ccc(C(=O)NC(C(=O)O)c2ccc(C)c(C)c2)cc1S(C)(=O)=O. The summed E-state index contributed by atoms with van der Waals surface area (Å²) in [7, 11) is -3.51. The summed E-state index contributed by atoms with van der Waals surface area (Å²) in [5.41, 5.74) is 3.09. The number of carbonyl (C=O) groups is 2. The minimum Gasteiger partial charge on any atom is -0.479 e. The van der Waals surface area contributed by atoms with E-state index in [1.54, 1.807) is 24.3 Å². The Hall–Kier alpha value is -2.67. The van der Waals surface area contributed by atoms with Crippen molar-refractivity contribution in [2.75, 3.05) is 6.26 Å². The minimum absolute atomic E-state index is 0.0794. The summed E-state index contributed by atoms with van der Waals surface area (Å²) in [6.45, 7) is 5.60. The smallest absolute Gasteiger partial charge is 0.330 e. The fraction of sp³-hybridized carbons (Fsp3) is 0.300. The van der Waals surface area contributed by atoms with E-state index in [0.29, 0.717) is 17.5 Å². The molecule has 0 bridgehead atoms. The van der Waals surface area contributed by atoms with Crippen LogP contribution in [0.4, 0.5) is 0 Å². The second-order valence-corrected chi connectivity index (χ2v) is 8.52. The molecule has 1 atom stereocenters. The molecule has 0 spiro atoms. The maximum absolute atomic E-state index is 12.6. The van der Waals surface area contributed by atoms with E-state index in [9.17, 15) is 23.1 Å². The number of aryl methyl sites for hydroxylation is 3. The lowest BCUT2D eigenvalue weighted by Gasteiger charge is -2.17. The molecule has 2 rings (SSSR count). The van der Waals surface area contributed by atoms with Crippen molar-refractivity contribution in [3.05, 3.63) is 64.2 Å². The van der Waals surface area contributed by atoms with Gasteiger partial charge in [-0.1, -0.05) is 31.2 Å². The summed E-state index contributed by atoms with van der Waals surface area (Å²) in [6.07, 6.45) is 1.59. The van der Waals surface area contributed by atoms with Gasteiger partial charge in [-0.2, -0.15) is 0 Å². The van der Waals surface area contributed by atoms with Gasteiger partial charge < -0.3 is 10.4 Å². The molecule has 0 saturated carbocycles. The molecule has 0 saturated heterocycles. The number of rotatable bonds is 6. The zero-order chi connectivity index (χ0) is 20.4. The first-order valence-corrected chi connectivity index (χ1v) is 10.4. The van der Waals surface area contributed by atoms with Gasteiger partial charge in [-0.15, -0.1) is 0 Å². The maximum atomic E-state index is 12.6. The molecule has 2 N–H and O–H groups in total. The van der Waals surface area contributed by atoms with Crippen LogP contribution in [0.25, 0.3) is 0 Å². The standard InChI is InChI=1S/C20H23NO5S/c1-5-14-8-9-16(11-17(14)27(4,25)26)19(22)21-18(20(23)24)15-7-6-12(2)13(3)10-15/h6-11,18H,5H2,1-4H3,(H,21,22)(H,23,24). The van der Waals surface area contributed by atoms with Crippen LogP contribution in [0.2, 0.25) is 0 Å². The molecule has 6 nitrogen and oxygen atoms in total. The zero-order valence-electron chi connectivity index (χ0n) is 15.7. The Morgan fingerprint density at radius 3 is 2.26 bits per heavy atom. The highest BCUT2D eigenvalue weighted by atomic mass is 32.2. The fourth-order valence-corrected chi connectivity index (χ4v) is 3.81. The van der Waals surface area contributed by atoms with Crippen LogP contribution in [0.1, 0.15) is 45.6 Å². The van der Waals surface area contributed by atoms with Gasteiger partial charge >= 0.3 is 5.97 Å². The number of sulfone groups is 1. The number of hydrogen-bond acceptors (Lipinski definition) is 4. The van der Waals surface area contributed by atoms with Crippen LogP contribution >= 0.6 is 0 Å². The predicted molar refractivity (Wildman–Crippen MR) is 103 cm³/mol. The van der Waals surface area contributed by atoms with E-state index in [1.165, 1.54) is 12.1 Å². The average molecular weight is 389 g/mol. The first kappa shape index (κ1) is 20.6. The summed E-state index contributed by atoms with van der Waals surface area (Å²) < 4.78 is 24.0. The van der Waals surface area contributed by atoms with Gasteiger partial charge in [0.05, 0.1) is 4.90 Å². The summed E-state index contributed by atoms with van der Waals surface area (Å²) in [4.78, 5) is 24.4. The highest BCUT2D eigenvalue weighted by molar-refractivity contribution is 7.90. The Balaban J connectivity index is 2.38. The Kier molecular flexibility index (Phi) is 6.05. The molecular weight excluding hydrogens is 366 g/mol. The van der Waals surface area contributed by atoms with Crippen molar-refractivity contribution in [3.8, 4) is 0 Å². The minimum atomic E-state index is -3.51. The van der Waals surface area contributed by atoms with Crippen LogP contribution in [0.5, 0.6) is 0 Å². The largest absolute Gasteiger partial charge is 0.479 e. The average Bonchev–Trinajstić information content (AvgIpc) is 2.60. The second-order valence-electron chi connectivity index (χ2n) is 6.54. The van der Waals surface area contributed by atoms with Crippen molar-refractivity contribution in [2.24, 2.45) is 0 Å². The van der Waals surface area contributed by atoms with Gasteiger partial charge in [-0.25, -0.2) is 13.2 Å². The first-order valence-electron chi connectivity index (χ1n) is 8.48. The predicted octanol–water partition coefficient (Wildman–Crippen LogP) is 2.83. The lowest BCUT2D eigenvalue weighted by atomic mass is 10.0. The zero-order valence-corrected chi connectivity index (χ0v) is 16.6. The highest BCUT2D eigenvalue weighted by Crippen LogP contribution is 2.21. The Morgan fingerprint density at radius 1 is 1.07 bits per heavy atom. The third kappa shape index (κ3) is 4.74.